The molecule has 0 aliphatic heterocycles. The molecule has 1 atom stereocenters. The maximum Gasteiger partial charge on any atom is 0.175 e. The summed E-state index contributed by atoms with van der Waals surface area (Å²) in [6.07, 6.45) is 0.918. The van der Waals surface area contributed by atoms with Crippen LogP contribution in [-0.4, -0.2) is 39.4 Å². The highest BCUT2D eigenvalue weighted by Crippen LogP contribution is 2.27. The highest BCUT2D eigenvalue weighted by molar-refractivity contribution is 7.99. The number of benzene rings is 2. The van der Waals surface area contributed by atoms with E-state index in [1.807, 2.05) is 44.2 Å². The maximum absolute atomic E-state index is 13.2. The van der Waals surface area contributed by atoms with Gasteiger partial charge in [0.05, 0.1) is 29.4 Å². The van der Waals surface area contributed by atoms with E-state index in [1.54, 1.807) is 7.11 Å². The molecule has 4 aromatic rings. The summed E-state index contributed by atoms with van der Waals surface area (Å²) >= 11 is 1.52. The molecule has 5 nitrogen and oxygen atoms in total. The minimum Gasteiger partial charge on any atom is -0.383 e. The number of hydrogen-bond acceptors (Lipinski definition) is 4. The van der Waals surface area contributed by atoms with Crippen LogP contribution in [0, 0.1) is 13.8 Å². The van der Waals surface area contributed by atoms with E-state index in [1.165, 1.54) is 17.3 Å². The predicted molar refractivity (Wildman–Crippen MR) is 135 cm³/mol. The third-order valence-electron chi connectivity index (χ3n) is 6.05. The molecule has 2 heterocycles. The van der Waals surface area contributed by atoms with Crippen molar-refractivity contribution in [2.45, 2.75) is 44.9 Å². The lowest BCUT2D eigenvalue weighted by atomic mass is 10.1. The fourth-order valence-electron chi connectivity index (χ4n) is 4.53. The van der Waals surface area contributed by atoms with Crippen molar-refractivity contribution in [3.63, 3.8) is 0 Å². The number of rotatable bonds is 10. The SMILES string of the molecule is COC[C@@H](C)n1c(C)cc(C(=O)CSc2nc3ccccc3n2CCc2ccccc2)c1C. The number of thioether (sulfide) groups is 1. The molecule has 0 bridgehead atoms. The molecular weight excluding hydrogens is 430 g/mol. The van der Waals surface area contributed by atoms with Gasteiger partial charge in [-0.05, 0) is 51.0 Å². The van der Waals surface area contributed by atoms with Crippen molar-refractivity contribution in [1.29, 1.82) is 0 Å². The maximum atomic E-state index is 13.2. The van der Waals surface area contributed by atoms with Crippen LogP contribution in [-0.2, 0) is 17.7 Å². The molecule has 6 heteroatoms. The Labute approximate surface area is 199 Å². The number of Topliss-reactive ketones (excluding diaryl/α,β-unsaturated/α-hetero) is 1. The minimum absolute atomic E-state index is 0.130. The molecule has 0 saturated carbocycles. The zero-order valence-corrected chi connectivity index (χ0v) is 20.6. The normalized spacial score (nSPS) is 12.4. The number of hydrogen-bond donors (Lipinski definition) is 0. The summed E-state index contributed by atoms with van der Waals surface area (Å²) in [5, 5.41) is 0.891. The van der Waals surface area contributed by atoms with Crippen molar-refractivity contribution in [3.8, 4) is 0 Å². The second kappa shape index (κ2) is 10.4. The Hall–Kier alpha value is -2.83. The molecule has 172 valence electrons. The van der Waals surface area contributed by atoms with Gasteiger partial charge in [-0.1, -0.05) is 54.2 Å². The number of carbonyl (C=O) groups excluding carboxylic acids is 1. The van der Waals surface area contributed by atoms with E-state index < -0.39 is 0 Å². The van der Waals surface area contributed by atoms with Crippen LogP contribution in [0.4, 0.5) is 0 Å². The predicted octanol–water partition coefficient (Wildman–Crippen LogP) is 5.88. The van der Waals surface area contributed by atoms with Crippen molar-refractivity contribution < 1.29 is 9.53 Å². The van der Waals surface area contributed by atoms with Crippen LogP contribution in [0.1, 0.15) is 40.3 Å². The van der Waals surface area contributed by atoms with E-state index in [4.69, 9.17) is 9.72 Å². The van der Waals surface area contributed by atoms with E-state index in [-0.39, 0.29) is 11.8 Å². The molecule has 0 aliphatic rings. The molecule has 0 aliphatic carbocycles. The molecule has 4 rings (SSSR count). The van der Waals surface area contributed by atoms with Gasteiger partial charge in [0.1, 0.15) is 0 Å². The number of ether oxygens (including phenoxy) is 1. The zero-order chi connectivity index (χ0) is 23.4. The number of para-hydroxylation sites is 2. The fourth-order valence-corrected chi connectivity index (χ4v) is 5.45. The number of ketones is 1. The van der Waals surface area contributed by atoms with Gasteiger partial charge in [-0.3, -0.25) is 4.79 Å². The van der Waals surface area contributed by atoms with Crippen LogP contribution < -0.4 is 0 Å². The Bertz CT molecular complexity index is 1240. The van der Waals surface area contributed by atoms with Crippen LogP contribution in [0.25, 0.3) is 11.0 Å². The summed E-state index contributed by atoms with van der Waals surface area (Å²) in [6.45, 7) is 7.62. The molecule has 0 fully saturated rings. The van der Waals surface area contributed by atoms with Gasteiger partial charge in [-0.25, -0.2) is 4.98 Å². The Kier molecular flexibility index (Phi) is 7.36. The van der Waals surface area contributed by atoms with E-state index in [0.717, 1.165) is 46.1 Å². The fraction of sp³-hybridized carbons (Fsp3) is 0.333. The van der Waals surface area contributed by atoms with E-state index in [9.17, 15) is 4.79 Å². The number of aromatic nitrogens is 3. The summed E-state index contributed by atoms with van der Waals surface area (Å²) in [6, 6.07) is 20.8. The van der Waals surface area contributed by atoms with Gasteiger partial charge in [0.25, 0.3) is 0 Å². The number of methoxy groups -OCH3 is 1. The van der Waals surface area contributed by atoms with E-state index in [2.05, 4.69) is 46.4 Å². The number of aryl methyl sites for hydroxylation is 3. The van der Waals surface area contributed by atoms with Crippen LogP contribution in [0.15, 0.2) is 65.8 Å². The van der Waals surface area contributed by atoms with Gasteiger partial charge in [0.15, 0.2) is 10.9 Å². The van der Waals surface area contributed by atoms with Crippen LogP contribution in [0.2, 0.25) is 0 Å². The van der Waals surface area contributed by atoms with Gasteiger partial charge < -0.3 is 13.9 Å². The molecule has 33 heavy (non-hydrogen) atoms. The third-order valence-corrected chi connectivity index (χ3v) is 7.03. The van der Waals surface area contributed by atoms with Gasteiger partial charge in [-0.15, -0.1) is 0 Å². The van der Waals surface area contributed by atoms with E-state index in [0.29, 0.717) is 12.4 Å². The highest BCUT2D eigenvalue weighted by atomic mass is 32.2. The van der Waals surface area contributed by atoms with Crippen molar-refractivity contribution >= 4 is 28.6 Å². The first-order valence-electron chi connectivity index (χ1n) is 11.3. The van der Waals surface area contributed by atoms with Crippen molar-refractivity contribution in [1.82, 2.24) is 14.1 Å². The molecule has 0 N–H and O–H groups in total. The molecular formula is C27H31N3O2S. The van der Waals surface area contributed by atoms with Crippen molar-refractivity contribution in [2.24, 2.45) is 0 Å². The number of nitrogens with zero attached hydrogens (tertiary/aromatic N) is 3. The number of carbonyl (C=O) groups is 1. The summed E-state index contributed by atoms with van der Waals surface area (Å²) in [7, 11) is 1.71. The third kappa shape index (κ3) is 5.07. The number of imidazole rings is 1. The molecule has 2 aromatic carbocycles. The summed E-state index contributed by atoms with van der Waals surface area (Å²) in [5.41, 5.74) is 6.23. The Balaban J connectivity index is 1.54. The first-order chi connectivity index (χ1) is 16.0. The highest BCUT2D eigenvalue weighted by Gasteiger charge is 2.20. The topological polar surface area (TPSA) is 49.1 Å². The quantitative estimate of drug-likeness (QED) is 0.219. The largest absolute Gasteiger partial charge is 0.383 e. The molecule has 0 radical (unpaired) electrons. The molecule has 0 spiro atoms. The van der Waals surface area contributed by atoms with Crippen molar-refractivity contribution in [3.05, 3.63) is 83.2 Å². The average Bonchev–Trinajstić information content (AvgIpc) is 3.33. The minimum atomic E-state index is 0.130. The van der Waals surface area contributed by atoms with Crippen LogP contribution in [0.5, 0.6) is 0 Å². The van der Waals surface area contributed by atoms with Gasteiger partial charge in [-0.2, -0.15) is 0 Å². The Morgan fingerprint density at radius 2 is 1.82 bits per heavy atom. The van der Waals surface area contributed by atoms with Crippen LogP contribution >= 0.6 is 11.8 Å². The first kappa shape index (κ1) is 23.3. The molecule has 0 unspecified atom stereocenters. The summed E-state index contributed by atoms with van der Waals surface area (Å²) in [5.74, 6) is 0.489. The van der Waals surface area contributed by atoms with Crippen molar-refractivity contribution in [2.75, 3.05) is 19.5 Å². The molecule has 0 amide bonds. The Morgan fingerprint density at radius 1 is 1.09 bits per heavy atom. The lowest BCUT2D eigenvalue weighted by molar-refractivity contribution is 0.102. The smallest absolute Gasteiger partial charge is 0.175 e. The van der Waals surface area contributed by atoms with Gasteiger partial charge >= 0.3 is 0 Å². The van der Waals surface area contributed by atoms with Gasteiger partial charge in [0, 0.05) is 30.6 Å². The zero-order valence-electron chi connectivity index (χ0n) is 19.7. The standard InChI is InChI=1S/C27H31N3O2S/c1-19-16-23(21(3)30(19)20(2)17-32-4)26(31)18-33-27-28-24-12-8-9-13-25(24)29(27)15-14-22-10-6-5-7-11-22/h5-13,16,20H,14-15,17-18H2,1-4H3/t20-/m1/s1. The monoisotopic (exact) mass is 461 g/mol. The second-order valence-electron chi connectivity index (χ2n) is 8.44. The van der Waals surface area contributed by atoms with Crippen LogP contribution in [0.3, 0.4) is 0 Å². The molecule has 0 saturated heterocycles. The molecule has 2 aromatic heterocycles. The first-order valence-corrected chi connectivity index (χ1v) is 12.3. The Morgan fingerprint density at radius 3 is 2.58 bits per heavy atom. The number of fused-ring (bicyclic) bond motifs is 1. The summed E-state index contributed by atoms with van der Waals surface area (Å²) in [4.78, 5) is 18.0. The average molecular weight is 462 g/mol. The van der Waals surface area contributed by atoms with E-state index >= 15 is 0 Å². The second-order valence-corrected chi connectivity index (χ2v) is 9.38. The lowest BCUT2D eigenvalue weighted by Crippen LogP contribution is -2.15. The summed E-state index contributed by atoms with van der Waals surface area (Å²) < 4.78 is 9.75. The lowest BCUT2D eigenvalue weighted by Gasteiger charge is -2.17. The van der Waals surface area contributed by atoms with Gasteiger partial charge in [0.2, 0.25) is 0 Å².